The summed E-state index contributed by atoms with van der Waals surface area (Å²) < 4.78 is 0. The van der Waals surface area contributed by atoms with Gasteiger partial charge in [0.25, 0.3) is 5.91 Å². The predicted molar refractivity (Wildman–Crippen MR) is 68.3 cm³/mol. The highest BCUT2D eigenvalue weighted by molar-refractivity contribution is 5.99. The van der Waals surface area contributed by atoms with Crippen molar-refractivity contribution in [2.75, 3.05) is 5.73 Å². The van der Waals surface area contributed by atoms with Gasteiger partial charge in [-0.1, -0.05) is 0 Å². The molecule has 1 unspecified atom stereocenters. The number of phenolic OH excluding ortho intramolecular Hbond substituents is 1. The third-order valence-corrected chi connectivity index (χ3v) is 2.52. The number of aliphatic carboxylic acids is 2. The third kappa shape index (κ3) is 4.16. The number of anilines is 1. The topological polar surface area (TPSA) is 150 Å². The second kappa shape index (κ2) is 6.41. The smallest absolute Gasteiger partial charge is 0.326 e. The standard InChI is InChI=1S/C12H14N2O6/c13-6-1-3-9(15)7(5-6)11(18)14-8(12(19)20)2-4-10(16)17/h1,3,5,8,15H,2,4,13H2,(H,14,18)(H,16,17)(H,19,20). The van der Waals surface area contributed by atoms with E-state index in [1.807, 2.05) is 0 Å². The van der Waals surface area contributed by atoms with E-state index in [9.17, 15) is 19.5 Å². The lowest BCUT2D eigenvalue weighted by Gasteiger charge is -2.14. The molecule has 8 heteroatoms. The molecular weight excluding hydrogens is 268 g/mol. The van der Waals surface area contributed by atoms with E-state index in [-0.39, 0.29) is 23.4 Å². The van der Waals surface area contributed by atoms with E-state index in [0.29, 0.717) is 0 Å². The van der Waals surface area contributed by atoms with E-state index < -0.39 is 30.3 Å². The Hall–Kier alpha value is -2.77. The summed E-state index contributed by atoms with van der Waals surface area (Å²) in [6.45, 7) is 0. The molecule has 0 heterocycles. The van der Waals surface area contributed by atoms with E-state index >= 15 is 0 Å². The van der Waals surface area contributed by atoms with Crippen LogP contribution in [0.2, 0.25) is 0 Å². The molecule has 0 radical (unpaired) electrons. The van der Waals surface area contributed by atoms with Gasteiger partial charge in [0.1, 0.15) is 11.8 Å². The van der Waals surface area contributed by atoms with Crippen LogP contribution in [0.15, 0.2) is 18.2 Å². The SMILES string of the molecule is Nc1ccc(O)c(C(=O)NC(CCC(=O)O)C(=O)O)c1. The van der Waals surface area contributed by atoms with Crippen molar-refractivity contribution in [2.45, 2.75) is 18.9 Å². The van der Waals surface area contributed by atoms with Crippen molar-refractivity contribution in [1.29, 1.82) is 0 Å². The van der Waals surface area contributed by atoms with Crippen LogP contribution in [0.25, 0.3) is 0 Å². The summed E-state index contributed by atoms with van der Waals surface area (Å²) in [7, 11) is 0. The van der Waals surface area contributed by atoms with E-state index in [4.69, 9.17) is 15.9 Å². The zero-order valence-corrected chi connectivity index (χ0v) is 10.4. The number of hydrogen-bond acceptors (Lipinski definition) is 5. The normalized spacial score (nSPS) is 11.6. The number of hydrogen-bond donors (Lipinski definition) is 5. The van der Waals surface area contributed by atoms with E-state index in [1.165, 1.54) is 18.2 Å². The number of nitrogens with one attached hydrogen (secondary N) is 1. The molecule has 1 amide bonds. The lowest BCUT2D eigenvalue weighted by Crippen LogP contribution is -2.41. The van der Waals surface area contributed by atoms with Crippen molar-refractivity contribution in [2.24, 2.45) is 0 Å². The molecule has 0 bridgehead atoms. The number of carboxylic acids is 2. The maximum absolute atomic E-state index is 11.8. The van der Waals surface area contributed by atoms with Crippen LogP contribution < -0.4 is 11.1 Å². The van der Waals surface area contributed by atoms with Gasteiger partial charge in [0.2, 0.25) is 0 Å². The van der Waals surface area contributed by atoms with E-state index in [1.54, 1.807) is 0 Å². The van der Waals surface area contributed by atoms with Crippen LogP contribution in [0.3, 0.4) is 0 Å². The van der Waals surface area contributed by atoms with Crippen molar-refractivity contribution in [3.05, 3.63) is 23.8 Å². The summed E-state index contributed by atoms with van der Waals surface area (Å²) in [6.07, 6.45) is -0.667. The van der Waals surface area contributed by atoms with Crippen molar-refractivity contribution in [3.8, 4) is 5.75 Å². The Morgan fingerprint density at radius 3 is 2.45 bits per heavy atom. The van der Waals surface area contributed by atoms with E-state index in [2.05, 4.69) is 5.32 Å². The van der Waals surface area contributed by atoms with Crippen LogP contribution in [-0.4, -0.2) is 39.2 Å². The van der Waals surface area contributed by atoms with Gasteiger partial charge in [0.05, 0.1) is 5.56 Å². The van der Waals surface area contributed by atoms with Crippen LogP contribution >= 0.6 is 0 Å². The average Bonchev–Trinajstić information content (AvgIpc) is 2.36. The Kier molecular flexibility index (Phi) is 4.90. The van der Waals surface area contributed by atoms with Gasteiger partial charge in [-0.3, -0.25) is 9.59 Å². The van der Waals surface area contributed by atoms with Crippen molar-refractivity contribution >= 4 is 23.5 Å². The molecule has 20 heavy (non-hydrogen) atoms. The number of nitrogen functional groups attached to an aromatic ring is 1. The van der Waals surface area contributed by atoms with Gasteiger partial charge < -0.3 is 26.4 Å². The minimum atomic E-state index is -1.36. The number of phenols is 1. The Bertz CT molecular complexity index is 543. The number of carbonyl (C=O) groups excluding carboxylic acids is 1. The molecule has 0 aliphatic rings. The third-order valence-electron chi connectivity index (χ3n) is 2.52. The number of amides is 1. The fourth-order valence-corrected chi connectivity index (χ4v) is 1.50. The monoisotopic (exact) mass is 282 g/mol. The van der Waals surface area contributed by atoms with Crippen LogP contribution in [0.5, 0.6) is 5.75 Å². The van der Waals surface area contributed by atoms with Crippen LogP contribution in [0, 0.1) is 0 Å². The predicted octanol–water partition coefficient (Wildman–Crippen LogP) is 0.0222. The van der Waals surface area contributed by atoms with Crippen LogP contribution in [0.4, 0.5) is 5.69 Å². The summed E-state index contributed by atoms with van der Waals surface area (Å²) in [6, 6.07) is 2.42. The lowest BCUT2D eigenvalue weighted by atomic mass is 10.1. The maximum atomic E-state index is 11.8. The zero-order chi connectivity index (χ0) is 15.3. The molecule has 0 spiro atoms. The highest BCUT2D eigenvalue weighted by Crippen LogP contribution is 2.19. The summed E-state index contributed by atoms with van der Waals surface area (Å²) in [4.78, 5) is 33.2. The largest absolute Gasteiger partial charge is 0.507 e. The van der Waals surface area contributed by atoms with Gasteiger partial charge in [-0.2, -0.15) is 0 Å². The van der Waals surface area contributed by atoms with Gasteiger partial charge >= 0.3 is 11.9 Å². The van der Waals surface area contributed by atoms with Gasteiger partial charge in [0, 0.05) is 12.1 Å². The first-order valence-corrected chi connectivity index (χ1v) is 5.65. The van der Waals surface area contributed by atoms with Crippen molar-refractivity contribution in [3.63, 3.8) is 0 Å². The highest BCUT2D eigenvalue weighted by Gasteiger charge is 2.22. The molecule has 0 aliphatic carbocycles. The molecule has 0 saturated carbocycles. The molecule has 1 aromatic rings. The molecule has 0 fully saturated rings. The molecule has 0 aromatic heterocycles. The summed E-state index contributed by atoms with van der Waals surface area (Å²) in [5.74, 6) is -3.72. The van der Waals surface area contributed by atoms with Crippen molar-refractivity contribution < 1.29 is 29.7 Å². The molecule has 6 N–H and O–H groups in total. The highest BCUT2D eigenvalue weighted by atomic mass is 16.4. The van der Waals surface area contributed by atoms with Gasteiger partial charge in [-0.05, 0) is 24.6 Å². The van der Waals surface area contributed by atoms with Crippen LogP contribution in [0.1, 0.15) is 23.2 Å². The Morgan fingerprint density at radius 1 is 1.25 bits per heavy atom. The van der Waals surface area contributed by atoms with Gasteiger partial charge in [-0.25, -0.2) is 4.79 Å². The molecule has 1 rings (SSSR count). The Balaban J connectivity index is 2.82. The number of carbonyl (C=O) groups is 3. The summed E-state index contributed by atoms with van der Waals surface area (Å²) >= 11 is 0. The number of rotatable bonds is 6. The zero-order valence-electron chi connectivity index (χ0n) is 10.4. The fraction of sp³-hybridized carbons (Fsp3) is 0.250. The number of benzene rings is 1. The van der Waals surface area contributed by atoms with Gasteiger partial charge in [-0.15, -0.1) is 0 Å². The molecule has 0 aliphatic heterocycles. The minimum Gasteiger partial charge on any atom is -0.507 e. The molecule has 1 aromatic carbocycles. The molecule has 8 nitrogen and oxygen atoms in total. The quantitative estimate of drug-likeness (QED) is 0.364. The Morgan fingerprint density at radius 2 is 1.90 bits per heavy atom. The number of carboxylic acid groups (broad SMARTS) is 2. The summed E-state index contributed by atoms with van der Waals surface area (Å²) in [5, 5.41) is 29.1. The second-order valence-corrected chi connectivity index (χ2v) is 4.07. The lowest BCUT2D eigenvalue weighted by molar-refractivity contribution is -0.140. The van der Waals surface area contributed by atoms with Gasteiger partial charge in [0.15, 0.2) is 0 Å². The first-order valence-electron chi connectivity index (χ1n) is 5.65. The Labute approximate surface area is 113 Å². The first-order chi connectivity index (χ1) is 9.31. The minimum absolute atomic E-state index is 0.174. The summed E-state index contributed by atoms with van der Waals surface area (Å²) in [5.41, 5.74) is 5.52. The fourth-order valence-electron chi connectivity index (χ4n) is 1.50. The average molecular weight is 282 g/mol. The molecule has 108 valence electrons. The first kappa shape index (κ1) is 15.3. The molecular formula is C12H14N2O6. The number of nitrogens with two attached hydrogens (primary N) is 1. The molecule has 0 saturated heterocycles. The molecule has 1 atom stereocenters. The van der Waals surface area contributed by atoms with Crippen molar-refractivity contribution in [1.82, 2.24) is 5.32 Å². The second-order valence-electron chi connectivity index (χ2n) is 4.07. The number of aromatic hydroxyl groups is 1. The van der Waals surface area contributed by atoms with E-state index in [0.717, 1.165) is 0 Å². The maximum Gasteiger partial charge on any atom is 0.326 e. The van der Waals surface area contributed by atoms with Crippen LogP contribution in [-0.2, 0) is 9.59 Å².